The van der Waals surface area contributed by atoms with Crippen molar-refractivity contribution in [3.05, 3.63) is 25.3 Å². The number of carbonyl (C=O) groups is 1. The van der Waals surface area contributed by atoms with E-state index in [9.17, 15) is 4.79 Å². The van der Waals surface area contributed by atoms with Gasteiger partial charge in [0.15, 0.2) is 0 Å². The van der Waals surface area contributed by atoms with Crippen LogP contribution in [-0.4, -0.2) is 25.3 Å². The summed E-state index contributed by atoms with van der Waals surface area (Å²) in [5.74, 6) is -0.386. The molecule has 1 unspecified atom stereocenters. The molecule has 0 bridgehead atoms. The Morgan fingerprint density at radius 3 is 2.71 bits per heavy atom. The van der Waals surface area contributed by atoms with E-state index in [2.05, 4.69) is 13.2 Å². The Labute approximate surface area is 85.4 Å². The van der Waals surface area contributed by atoms with Crippen LogP contribution in [0.4, 0.5) is 0 Å². The van der Waals surface area contributed by atoms with E-state index in [-0.39, 0.29) is 12.1 Å². The van der Waals surface area contributed by atoms with Crippen LogP contribution in [0.15, 0.2) is 25.3 Å². The zero-order valence-corrected chi connectivity index (χ0v) is 8.70. The molecule has 0 aromatic heterocycles. The lowest BCUT2D eigenvalue weighted by atomic mass is 10.3. The molecule has 3 nitrogen and oxygen atoms in total. The van der Waals surface area contributed by atoms with Gasteiger partial charge in [0.25, 0.3) is 0 Å². The van der Waals surface area contributed by atoms with Gasteiger partial charge >= 0.3 is 5.97 Å². The number of hydrogen-bond donors (Lipinski definition) is 0. The van der Waals surface area contributed by atoms with Gasteiger partial charge in [0.1, 0.15) is 0 Å². The van der Waals surface area contributed by atoms with Gasteiger partial charge in [0, 0.05) is 12.5 Å². The van der Waals surface area contributed by atoms with Crippen molar-refractivity contribution < 1.29 is 14.3 Å². The predicted molar refractivity (Wildman–Crippen MR) is 56.0 cm³/mol. The van der Waals surface area contributed by atoms with E-state index in [1.54, 1.807) is 0 Å². The number of esters is 1. The predicted octanol–water partition coefficient (Wildman–Crippen LogP) is 2.09. The van der Waals surface area contributed by atoms with Crippen molar-refractivity contribution in [1.29, 1.82) is 0 Å². The molecule has 0 radical (unpaired) electrons. The number of hydrogen-bond acceptors (Lipinski definition) is 3. The highest BCUT2D eigenvalue weighted by Gasteiger charge is 2.02. The SMILES string of the molecule is C=CCCOC(C)CCOC(=O)C=C. The van der Waals surface area contributed by atoms with Crippen LogP contribution in [0.3, 0.4) is 0 Å². The average Bonchev–Trinajstić information content (AvgIpc) is 2.18. The summed E-state index contributed by atoms with van der Waals surface area (Å²) in [6, 6.07) is 0. The van der Waals surface area contributed by atoms with Gasteiger partial charge in [-0.05, 0) is 13.3 Å². The minimum atomic E-state index is -0.386. The van der Waals surface area contributed by atoms with Crippen molar-refractivity contribution in [2.75, 3.05) is 13.2 Å². The van der Waals surface area contributed by atoms with Gasteiger partial charge in [-0.2, -0.15) is 0 Å². The lowest BCUT2D eigenvalue weighted by Crippen LogP contribution is -2.13. The van der Waals surface area contributed by atoms with Crippen LogP contribution in [0.2, 0.25) is 0 Å². The van der Waals surface area contributed by atoms with Crippen LogP contribution in [-0.2, 0) is 14.3 Å². The Kier molecular flexibility index (Phi) is 7.84. The molecule has 0 fully saturated rings. The molecule has 14 heavy (non-hydrogen) atoms. The summed E-state index contributed by atoms with van der Waals surface area (Å²) in [6.45, 7) is 9.89. The van der Waals surface area contributed by atoms with E-state index in [0.29, 0.717) is 19.6 Å². The van der Waals surface area contributed by atoms with Gasteiger partial charge in [-0.15, -0.1) is 6.58 Å². The maximum atomic E-state index is 10.7. The minimum absolute atomic E-state index is 0.104. The molecule has 0 spiro atoms. The first-order valence-electron chi connectivity index (χ1n) is 4.72. The van der Waals surface area contributed by atoms with Gasteiger partial charge in [-0.1, -0.05) is 12.7 Å². The fourth-order valence-electron chi connectivity index (χ4n) is 0.820. The summed E-state index contributed by atoms with van der Waals surface area (Å²) in [7, 11) is 0. The Bertz CT molecular complexity index is 187. The van der Waals surface area contributed by atoms with Gasteiger partial charge in [-0.25, -0.2) is 4.79 Å². The van der Waals surface area contributed by atoms with E-state index in [1.807, 2.05) is 13.0 Å². The van der Waals surface area contributed by atoms with Crippen molar-refractivity contribution in [3.8, 4) is 0 Å². The molecule has 3 heteroatoms. The summed E-state index contributed by atoms with van der Waals surface area (Å²) in [4.78, 5) is 10.7. The highest BCUT2D eigenvalue weighted by atomic mass is 16.5. The normalized spacial score (nSPS) is 11.8. The highest BCUT2D eigenvalue weighted by Crippen LogP contribution is 1.99. The lowest BCUT2D eigenvalue weighted by molar-refractivity contribution is -0.138. The largest absolute Gasteiger partial charge is 0.462 e. The molecule has 0 aromatic rings. The molecule has 0 aromatic carbocycles. The third-order valence-corrected chi connectivity index (χ3v) is 1.66. The second-order valence-corrected chi connectivity index (χ2v) is 2.92. The van der Waals surface area contributed by atoms with Gasteiger partial charge in [0.2, 0.25) is 0 Å². The van der Waals surface area contributed by atoms with E-state index >= 15 is 0 Å². The third kappa shape index (κ3) is 7.55. The molecular weight excluding hydrogens is 180 g/mol. The van der Waals surface area contributed by atoms with Crippen LogP contribution < -0.4 is 0 Å². The first-order chi connectivity index (χ1) is 6.70. The summed E-state index contributed by atoms with van der Waals surface area (Å²) in [6.07, 6.45) is 4.62. The maximum absolute atomic E-state index is 10.7. The first-order valence-corrected chi connectivity index (χ1v) is 4.72. The van der Waals surface area contributed by atoms with Crippen molar-refractivity contribution in [2.24, 2.45) is 0 Å². The smallest absolute Gasteiger partial charge is 0.330 e. The molecule has 1 atom stereocenters. The third-order valence-electron chi connectivity index (χ3n) is 1.66. The van der Waals surface area contributed by atoms with Crippen LogP contribution in [0.25, 0.3) is 0 Å². The quantitative estimate of drug-likeness (QED) is 0.259. The number of carbonyl (C=O) groups excluding carboxylic acids is 1. The van der Waals surface area contributed by atoms with E-state index in [4.69, 9.17) is 9.47 Å². The monoisotopic (exact) mass is 198 g/mol. The second-order valence-electron chi connectivity index (χ2n) is 2.92. The minimum Gasteiger partial charge on any atom is -0.462 e. The average molecular weight is 198 g/mol. The van der Waals surface area contributed by atoms with E-state index in [0.717, 1.165) is 12.5 Å². The van der Waals surface area contributed by atoms with Crippen LogP contribution in [0.5, 0.6) is 0 Å². The van der Waals surface area contributed by atoms with Gasteiger partial charge in [0.05, 0.1) is 19.3 Å². The topological polar surface area (TPSA) is 35.5 Å². The molecule has 0 rings (SSSR count). The molecule has 0 amide bonds. The molecule has 0 aliphatic rings. The maximum Gasteiger partial charge on any atom is 0.330 e. The van der Waals surface area contributed by atoms with Crippen molar-refractivity contribution in [2.45, 2.75) is 25.9 Å². The Balaban J connectivity index is 3.34. The summed E-state index contributed by atoms with van der Waals surface area (Å²) in [5, 5.41) is 0. The summed E-state index contributed by atoms with van der Waals surface area (Å²) < 4.78 is 10.2. The molecule has 0 aliphatic carbocycles. The number of ether oxygens (including phenoxy) is 2. The van der Waals surface area contributed by atoms with Crippen LogP contribution in [0, 0.1) is 0 Å². The molecule has 80 valence electrons. The summed E-state index contributed by atoms with van der Waals surface area (Å²) >= 11 is 0. The first kappa shape index (κ1) is 12.9. The number of rotatable bonds is 8. The van der Waals surface area contributed by atoms with E-state index < -0.39 is 0 Å². The van der Waals surface area contributed by atoms with Crippen molar-refractivity contribution in [1.82, 2.24) is 0 Å². The molecule has 0 heterocycles. The molecule has 0 saturated heterocycles. The Hall–Kier alpha value is -1.09. The molecule has 0 N–H and O–H groups in total. The second kappa shape index (κ2) is 8.51. The molecule has 0 saturated carbocycles. The fourth-order valence-corrected chi connectivity index (χ4v) is 0.820. The Morgan fingerprint density at radius 2 is 2.14 bits per heavy atom. The van der Waals surface area contributed by atoms with Gasteiger partial charge in [-0.3, -0.25) is 0 Å². The molecular formula is C11H18O3. The Morgan fingerprint density at radius 1 is 1.43 bits per heavy atom. The summed E-state index contributed by atoms with van der Waals surface area (Å²) in [5.41, 5.74) is 0. The van der Waals surface area contributed by atoms with Gasteiger partial charge < -0.3 is 9.47 Å². The fraction of sp³-hybridized carbons (Fsp3) is 0.545. The highest BCUT2D eigenvalue weighted by molar-refractivity contribution is 5.81. The van der Waals surface area contributed by atoms with Crippen molar-refractivity contribution >= 4 is 5.97 Å². The lowest BCUT2D eigenvalue weighted by Gasteiger charge is -2.11. The molecule has 0 aliphatic heterocycles. The van der Waals surface area contributed by atoms with Crippen molar-refractivity contribution in [3.63, 3.8) is 0 Å². The van der Waals surface area contributed by atoms with E-state index in [1.165, 1.54) is 0 Å². The zero-order valence-electron chi connectivity index (χ0n) is 8.70. The van der Waals surface area contributed by atoms with Crippen LogP contribution >= 0.6 is 0 Å². The standard InChI is InChI=1S/C11H18O3/c1-4-6-8-13-10(3)7-9-14-11(12)5-2/h4-5,10H,1-2,6-9H2,3H3. The zero-order chi connectivity index (χ0) is 10.8. The van der Waals surface area contributed by atoms with Crippen LogP contribution in [0.1, 0.15) is 19.8 Å².